The number of hydrogen-bond donors (Lipinski definition) is 1. The largest absolute Gasteiger partial charge is 0.497 e. The first kappa shape index (κ1) is 18.0. The van der Waals surface area contributed by atoms with Gasteiger partial charge < -0.3 is 14.6 Å². The SMILES string of the molecule is COc1ccc(/C(=C/c2ccc(OC)c([N+](=O)[O-])c2)C(=O)O)c(C)c1. The van der Waals surface area contributed by atoms with E-state index in [2.05, 4.69) is 0 Å². The minimum Gasteiger partial charge on any atom is -0.497 e. The van der Waals surface area contributed by atoms with Crippen molar-refractivity contribution in [3.8, 4) is 11.5 Å². The van der Waals surface area contributed by atoms with E-state index in [1.807, 2.05) is 0 Å². The van der Waals surface area contributed by atoms with E-state index in [1.54, 1.807) is 31.2 Å². The second-order valence-electron chi connectivity index (χ2n) is 5.23. The fourth-order valence-corrected chi connectivity index (χ4v) is 2.43. The van der Waals surface area contributed by atoms with Gasteiger partial charge in [-0.3, -0.25) is 10.1 Å². The van der Waals surface area contributed by atoms with Crippen LogP contribution < -0.4 is 9.47 Å². The molecule has 130 valence electrons. The molecule has 0 fully saturated rings. The van der Waals surface area contributed by atoms with Crippen LogP contribution in [0.3, 0.4) is 0 Å². The number of methoxy groups -OCH3 is 2. The maximum atomic E-state index is 11.7. The molecule has 2 aromatic carbocycles. The summed E-state index contributed by atoms with van der Waals surface area (Å²) < 4.78 is 10.1. The number of carboxylic acid groups (broad SMARTS) is 1. The average Bonchev–Trinajstić information content (AvgIpc) is 2.59. The second-order valence-corrected chi connectivity index (χ2v) is 5.23. The molecule has 7 nitrogen and oxygen atoms in total. The van der Waals surface area contributed by atoms with Gasteiger partial charge in [0.05, 0.1) is 24.7 Å². The zero-order chi connectivity index (χ0) is 18.6. The number of hydrogen-bond acceptors (Lipinski definition) is 5. The normalized spacial score (nSPS) is 11.1. The Hall–Kier alpha value is -3.35. The number of nitrogens with zero attached hydrogens (tertiary/aromatic N) is 1. The van der Waals surface area contributed by atoms with Crippen molar-refractivity contribution in [1.29, 1.82) is 0 Å². The number of nitro groups is 1. The Kier molecular flexibility index (Phi) is 5.38. The Labute approximate surface area is 144 Å². The third-order valence-corrected chi connectivity index (χ3v) is 3.66. The lowest BCUT2D eigenvalue weighted by Crippen LogP contribution is -2.02. The molecule has 1 N–H and O–H groups in total. The lowest BCUT2D eigenvalue weighted by molar-refractivity contribution is -0.385. The van der Waals surface area contributed by atoms with Crippen molar-refractivity contribution < 1.29 is 24.3 Å². The van der Waals surface area contributed by atoms with E-state index in [4.69, 9.17) is 9.47 Å². The van der Waals surface area contributed by atoms with E-state index < -0.39 is 10.9 Å². The molecule has 0 amide bonds. The van der Waals surface area contributed by atoms with Crippen molar-refractivity contribution >= 4 is 23.3 Å². The third-order valence-electron chi connectivity index (χ3n) is 3.66. The molecule has 0 unspecified atom stereocenters. The summed E-state index contributed by atoms with van der Waals surface area (Å²) in [6.45, 7) is 1.77. The van der Waals surface area contributed by atoms with Crippen LogP contribution in [0, 0.1) is 17.0 Å². The Bertz CT molecular complexity index is 857. The van der Waals surface area contributed by atoms with E-state index in [-0.39, 0.29) is 17.0 Å². The van der Waals surface area contributed by atoms with Crippen molar-refractivity contribution in [3.63, 3.8) is 0 Å². The van der Waals surface area contributed by atoms with Gasteiger partial charge in [-0.2, -0.15) is 0 Å². The van der Waals surface area contributed by atoms with E-state index in [1.165, 1.54) is 32.4 Å². The van der Waals surface area contributed by atoms with Crippen molar-refractivity contribution in [2.24, 2.45) is 0 Å². The van der Waals surface area contributed by atoms with Gasteiger partial charge in [0.15, 0.2) is 5.75 Å². The van der Waals surface area contributed by atoms with E-state index in [9.17, 15) is 20.0 Å². The number of benzene rings is 2. The van der Waals surface area contributed by atoms with Crippen molar-refractivity contribution in [1.82, 2.24) is 0 Å². The van der Waals surface area contributed by atoms with Gasteiger partial charge in [-0.15, -0.1) is 0 Å². The minimum atomic E-state index is -1.13. The van der Waals surface area contributed by atoms with Gasteiger partial charge in [0.1, 0.15) is 5.75 Å². The molecule has 0 saturated heterocycles. The third kappa shape index (κ3) is 3.95. The van der Waals surface area contributed by atoms with Crippen LogP contribution in [0.5, 0.6) is 11.5 Å². The van der Waals surface area contributed by atoms with Crippen LogP contribution in [-0.4, -0.2) is 30.2 Å². The Morgan fingerprint density at radius 3 is 2.40 bits per heavy atom. The predicted octanol–water partition coefficient (Wildman–Crippen LogP) is 3.55. The summed E-state index contributed by atoms with van der Waals surface area (Å²) in [5.41, 5.74) is 1.41. The molecule has 2 rings (SSSR count). The van der Waals surface area contributed by atoms with Gasteiger partial charge in [0.25, 0.3) is 0 Å². The van der Waals surface area contributed by atoms with Crippen molar-refractivity contribution in [2.75, 3.05) is 14.2 Å². The smallest absolute Gasteiger partial charge is 0.336 e. The highest BCUT2D eigenvalue weighted by Crippen LogP contribution is 2.30. The monoisotopic (exact) mass is 343 g/mol. The average molecular weight is 343 g/mol. The van der Waals surface area contributed by atoms with Gasteiger partial charge in [-0.05, 0) is 47.9 Å². The van der Waals surface area contributed by atoms with Gasteiger partial charge in [0.2, 0.25) is 0 Å². The molecule has 0 aliphatic heterocycles. The van der Waals surface area contributed by atoms with Crippen LogP contribution in [0.1, 0.15) is 16.7 Å². The first-order chi connectivity index (χ1) is 11.9. The molecule has 0 atom stereocenters. The molecule has 0 aliphatic carbocycles. The molecule has 0 saturated carbocycles. The summed E-state index contributed by atoms with van der Waals surface area (Å²) in [5, 5.41) is 20.7. The first-order valence-electron chi connectivity index (χ1n) is 7.29. The molecular formula is C18H17NO6. The van der Waals surface area contributed by atoms with Crippen LogP contribution in [0.15, 0.2) is 36.4 Å². The number of rotatable bonds is 6. The fourth-order valence-electron chi connectivity index (χ4n) is 2.43. The van der Waals surface area contributed by atoms with Crippen LogP contribution in [0.2, 0.25) is 0 Å². The summed E-state index contributed by atoms with van der Waals surface area (Å²) in [7, 11) is 2.86. The number of ether oxygens (including phenoxy) is 2. The first-order valence-corrected chi connectivity index (χ1v) is 7.29. The summed E-state index contributed by atoms with van der Waals surface area (Å²) >= 11 is 0. The molecule has 0 radical (unpaired) electrons. The predicted molar refractivity (Wildman–Crippen MR) is 92.9 cm³/mol. The molecule has 2 aromatic rings. The summed E-state index contributed by atoms with van der Waals surface area (Å²) in [6.07, 6.45) is 1.39. The van der Waals surface area contributed by atoms with Crippen LogP contribution >= 0.6 is 0 Å². The Balaban J connectivity index is 2.56. The van der Waals surface area contributed by atoms with Crippen LogP contribution in [0.25, 0.3) is 11.6 Å². The Morgan fingerprint density at radius 2 is 1.88 bits per heavy atom. The topological polar surface area (TPSA) is 98.9 Å². The summed E-state index contributed by atoms with van der Waals surface area (Å²) in [5.74, 6) is -0.405. The van der Waals surface area contributed by atoms with Crippen molar-refractivity contribution in [2.45, 2.75) is 6.92 Å². The standard InChI is InChI=1S/C18H17NO6/c1-11-8-13(24-2)5-6-14(11)15(18(20)21)9-12-4-7-17(25-3)16(10-12)19(22)23/h4-10H,1-3H3,(H,20,21)/b15-9-. The van der Waals surface area contributed by atoms with Crippen LogP contribution in [-0.2, 0) is 4.79 Å². The molecule has 0 aromatic heterocycles. The summed E-state index contributed by atoms with van der Waals surface area (Å²) in [6, 6.07) is 9.31. The fraction of sp³-hybridized carbons (Fsp3) is 0.167. The zero-order valence-electron chi connectivity index (χ0n) is 14.0. The van der Waals surface area contributed by atoms with Gasteiger partial charge in [-0.1, -0.05) is 12.1 Å². The molecule has 0 spiro atoms. The number of aryl methyl sites for hydroxylation is 1. The second kappa shape index (κ2) is 7.48. The molecule has 0 heterocycles. The number of aliphatic carboxylic acids is 1. The van der Waals surface area contributed by atoms with Gasteiger partial charge in [-0.25, -0.2) is 4.79 Å². The highest BCUT2D eigenvalue weighted by Gasteiger charge is 2.17. The number of carboxylic acids is 1. The lowest BCUT2D eigenvalue weighted by Gasteiger charge is -2.09. The van der Waals surface area contributed by atoms with E-state index in [0.29, 0.717) is 16.9 Å². The molecule has 25 heavy (non-hydrogen) atoms. The Morgan fingerprint density at radius 1 is 1.16 bits per heavy atom. The number of nitro benzene ring substituents is 1. The maximum Gasteiger partial charge on any atom is 0.336 e. The van der Waals surface area contributed by atoms with Gasteiger partial charge >= 0.3 is 11.7 Å². The maximum absolute atomic E-state index is 11.7. The molecule has 7 heteroatoms. The van der Waals surface area contributed by atoms with E-state index >= 15 is 0 Å². The quantitative estimate of drug-likeness (QED) is 0.373. The summed E-state index contributed by atoms with van der Waals surface area (Å²) in [4.78, 5) is 22.2. The van der Waals surface area contributed by atoms with Crippen LogP contribution in [0.4, 0.5) is 5.69 Å². The highest BCUT2D eigenvalue weighted by atomic mass is 16.6. The molecule has 0 bridgehead atoms. The number of carbonyl (C=O) groups is 1. The molecular weight excluding hydrogens is 326 g/mol. The van der Waals surface area contributed by atoms with E-state index in [0.717, 1.165) is 5.56 Å². The highest BCUT2D eigenvalue weighted by molar-refractivity contribution is 6.21. The molecule has 0 aliphatic rings. The van der Waals surface area contributed by atoms with Crippen molar-refractivity contribution in [3.05, 3.63) is 63.2 Å². The van der Waals surface area contributed by atoms with Gasteiger partial charge in [0, 0.05) is 6.07 Å². The lowest BCUT2D eigenvalue weighted by atomic mass is 9.98. The zero-order valence-corrected chi connectivity index (χ0v) is 14.0. The minimum absolute atomic E-state index is 0.0274.